The van der Waals surface area contributed by atoms with Gasteiger partial charge in [0.05, 0.1) is 6.04 Å². The van der Waals surface area contributed by atoms with Crippen LogP contribution in [0.4, 0.5) is 0 Å². The van der Waals surface area contributed by atoms with E-state index in [2.05, 4.69) is 0 Å². The molecule has 2 amide bonds. The van der Waals surface area contributed by atoms with Crippen molar-refractivity contribution in [1.29, 1.82) is 0 Å². The number of primary amides is 1. The number of rotatable bonds is 3. The quantitative estimate of drug-likeness (QED) is 0.668. The van der Waals surface area contributed by atoms with Gasteiger partial charge in [-0.15, -0.1) is 0 Å². The lowest BCUT2D eigenvalue weighted by molar-refractivity contribution is -0.142. The van der Waals surface area contributed by atoms with E-state index in [0.29, 0.717) is 6.54 Å². The van der Waals surface area contributed by atoms with Gasteiger partial charge in [0.1, 0.15) is 0 Å². The summed E-state index contributed by atoms with van der Waals surface area (Å²) in [5.74, 6) is -0.473. The molecule has 86 valence electrons. The van der Waals surface area contributed by atoms with Gasteiger partial charge in [-0.25, -0.2) is 0 Å². The number of nitrogens with zero attached hydrogens (tertiary/aromatic N) is 1. The molecule has 0 bridgehead atoms. The molecule has 0 aromatic heterocycles. The van der Waals surface area contributed by atoms with E-state index in [1.165, 1.54) is 0 Å². The first-order valence-electron chi connectivity index (χ1n) is 5.20. The zero-order chi connectivity index (χ0) is 11.6. The minimum atomic E-state index is -0.527. The molecule has 0 saturated carbocycles. The Morgan fingerprint density at radius 2 is 2.20 bits per heavy atom. The third-order valence-electron chi connectivity index (χ3n) is 2.82. The summed E-state index contributed by atoms with van der Waals surface area (Å²) in [6.45, 7) is 4.34. The molecule has 1 fully saturated rings. The van der Waals surface area contributed by atoms with E-state index >= 15 is 0 Å². The summed E-state index contributed by atoms with van der Waals surface area (Å²) < 4.78 is 0. The van der Waals surface area contributed by atoms with Gasteiger partial charge in [-0.2, -0.15) is 0 Å². The standard InChI is InChI=1S/C10H19N3O2/c1-10(2,6-8(12)14)13-5-3-4-7(11)9(13)15/h7H,3-6,11H2,1-2H3,(H2,12,14). The summed E-state index contributed by atoms with van der Waals surface area (Å²) in [5.41, 5.74) is 10.3. The number of piperidine rings is 1. The van der Waals surface area contributed by atoms with Gasteiger partial charge >= 0.3 is 0 Å². The molecule has 1 heterocycles. The van der Waals surface area contributed by atoms with E-state index in [0.717, 1.165) is 12.8 Å². The van der Waals surface area contributed by atoms with Crippen LogP contribution in [0.1, 0.15) is 33.1 Å². The molecule has 0 aromatic carbocycles. The Balaban J connectivity index is 2.76. The fourth-order valence-corrected chi connectivity index (χ4v) is 2.03. The number of carbonyl (C=O) groups excluding carboxylic acids is 2. The van der Waals surface area contributed by atoms with E-state index in [1.54, 1.807) is 4.90 Å². The van der Waals surface area contributed by atoms with Crippen LogP contribution in [0.2, 0.25) is 0 Å². The highest BCUT2D eigenvalue weighted by Crippen LogP contribution is 2.23. The maximum Gasteiger partial charge on any atom is 0.239 e. The minimum Gasteiger partial charge on any atom is -0.370 e. The summed E-state index contributed by atoms with van der Waals surface area (Å²) >= 11 is 0. The number of hydrogen-bond acceptors (Lipinski definition) is 3. The highest BCUT2D eigenvalue weighted by Gasteiger charge is 2.36. The second-order valence-corrected chi connectivity index (χ2v) is 4.69. The van der Waals surface area contributed by atoms with E-state index < -0.39 is 17.5 Å². The summed E-state index contributed by atoms with van der Waals surface area (Å²) in [6.07, 6.45) is 1.78. The number of hydrogen-bond donors (Lipinski definition) is 2. The molecule has 0 spiro atoms. The van der Waals surface area contributed by atoms with E-state index in [9.17, 15) is 9.59 Å². The molecular weight excluding hydrogens is 194 g/mol. The third-order valence-corrected chi connectivity index (χ3v) is 2.82. The molecule has 15 heavy (non-hydrogen) atoms. The van der Waals surface area contributed by atoms with Crippen molar-refractivity contribution in [2.45, 2.75) is 44.7 Å². The third kappa shape index (κ3) is 2.68. The van der Waals surface area contributed by atoms with Crippen molar-refractivity contribution in [2.75, 3.05) is 6.54 Å². The minimum absolute atomic E-state index is 0.0764. The van der Waals surface area contributed by atoms with Gasteiger partial charge in [-0.3, -0.25) is 9.59 Å². The topological polar surface area (TPSA) is 89.4 Å². The lowest BCUT2D eigenvalue weighted by atomic mass is 9.93. The van der Waals surface area contributed by atoms with E-state index in [4.69, 9.17) is 11.5 Å². The molecule has 5 heteroatoms. The number of likely N-dealkylation sites (tertiary alicyclic amines) is 1. The van der Waals surface area contributed by atoms with Crippen molar-refractivity contribution < 1.29 is 9.59 Å². The summed E-state index contributed by atoms with van der Waals surface area (Å²) in [7, 11) is 0. The van der Waals surface area contributed by atoms with Crippen molar-refractivity contribution in [1.82, 2.24) is 4.90 Å². The summed E-state index contributed by atoms with van der Waals surface area (Å²) in [5, 5.41) is 0. The van der Waals surface area contributed by atoms with Gasteiger partial charge in [0.2, 0.25) is 11.8 Å². The largest absolute Gasteiger partial charge is 0.370 e. The Morgan fingerprint density at radius 1 is 1.60 bits per heavy atom. The highest BCUT2D eigenvalue weighted by molar-refractivity contribution is 5.84. The number of amides is 2. The second kappa shape index (κ2) is 4.18. The lowest BCUT2D eigenvalue weighted by Gasteiger charge is -2.42. The van der Waals surface area contributed by atoms with Crippen LogP contribution in [0.5, 0.6) is 0 Å². The van der Waals surface area contributed by atoms with Gasteiger partial charge in [0.15, 0.2) is 0 Å². The predicted molar refractivity (Wildman–Crippen MR) is 56.8 cm³/mol. The van der Waals surface area contributed by atoms with Crippen LogP contribution in [-0.2, 0) is 9.59 Å². The maximum atomic E-state index is 11.8. The van der Waals surface area contributed by atoms with Crippen LogP contribution in [0, 0.1) is 0 Å². The van der Waals surface area contributed by atoms with Crippen LogP contribution < -0.4 is 11.5 Å². The molecule has 4 N–H and O–H groups in total. The highest BCUT2D eigenvalue weighted by atomic mass is 16.2. The van der Waals surface area contributed by atoms with Crippen LogP contribution in [0.25, 0.3) is 0 Å². The second-order valence-electron chi connectivity index (χ2n) is 4.69. The molecule has 1 saturated heterocycles. The Hall–Kier alpha value is -1.10. The molecule has 1 rings (SSSR count). The van der Waals surface area contributed by atoms with E-state index in [-0.39, 0.29) is 12.3 Å². The van der Waals surface area contributed by atoms with Crippen molar-refractivity contribution in [2.24, 2.45) is 11.5 Å². The number of nitrogens with two attached hydrogens (primary N) is 2. The fraction of sp³-hybridized carbons (Fsp3) is 0.800. The van der Waals surface area contributed by atoms with Crippen LogP contribution in [0.3, 0.4) is 0 Å². The Kier molecular flexibility index (Phi) is 3.34. The first kappa shape index (κ1) is 12.0. The average Bonchev–Trinajstić information content (AvgIpc) is 2.07. The van der Waals surface area contributed by atoms with Crippen LogP contribution in [0.15, 0.2) is 0 Å². The SMILES string of the molecule is CC(C)(CC(N)=O)N1CCCC(N)C1=O. The first-order valence-corrected chi connectivity index (χ1v) is 5.20. The molecule has 1 aliphatic rings. The molecule has 1 atom stereocenters. The van der Waals surface area contributed by atoms with Gasteiger partial charge in [-0.05, 0) is 26.7 Å². The molecular formula is C10H19N3O2. The lowest BCUT2D eigenvalue weighted by Crippen LogP contribution is -2.57. The Labute approximate surface area is 89.8 Å². The molecule has 0 aliphatic carbocycles. The summed E-state index contributed by atoms with van der Waals surface area (Å²) in [6, 6.07) is -0.425. The smallest absolute Gasteiger partial charge is 0.239 e. The van der Waals surface area contributed by atoms with Gasteiger partial charge < -0.3 is 16.4 Å². The molecule has 0 aromatic rings. The zero-order valence-corrected chi connectivity index (χ0v) is 9.32. The Morgan fingerprint density at radius 3 is 2.73 bits per heavy atom. The van der Waals surface area contributed by atoms with Crippen molar-refractivity contribution >= 4 is 11.8 Å². The maximum absolute atomic E-state index is 11.8. The van der Waals surface area contributed by atoms with Crippen LogP contribution >= 0.6 is 0 Å². The fourth-order valence-electron chi connectivity index (χ4n) is 2.03. The van der Waals surface area contributed by atoms with Crippen molar-refractivity contribution in [3.05, 3.63) is 0 Å². The van der Waals surface area contributed by atoms with Crippen LogP contribution in [-0.4, -0.2) is 34.8 Å². The predicted octanol–water partition coefficient (Wildman–Crippen LogP) is -0.410. The van der Waals surface area contributed by atoms with Gasteiger partial charge in [0, 0.05) is 18.5 Å². The molecule has 1 aliphatic heterocycles. The molecule has 1 unspecified atom stereocenters. The monoisotopic (exact) mass is 213 g/mol. The zero-order valence-electron chi connectivity index (χ0n) is 9.32. The Bertz CT molecular complexity index is 276. The molecule has 0 radical (unpaired) electrons. The number of carbonyl (C=O) groups is 2. The van der Waals surface area contributed by atoms with Crippen molar-refractivity contribution in [3.63, 3.8) is 0 Å². The summed E-state index contributed by atoms with van der Waals surface area (Å²) in [4.78, 5) is 24.4. The first-order chi connectivity index (χ1) is 6.84. The van der Waals surface area contributed by atoms with E-state index in [1.807, 2.05) is 13.8 Å². The van der Waals surface area contributed by atoms with Gasteiger partial charge in [0.25, 0.3) is 0 Å². The van der Waals surface area contributed by atoms with Gasteiger partial charge in [-0.1, -0.05) is 0 Å². The van der Waals surface area contributed by atoms with Crippen molar-refractivity contribution in [3.8, 4) is 0 Å². The normalized spacial score (nSPS) is 23.0. The average molecular weight is 213 g/mol. The molecule has 5 nitrogen and oxygen atoms in total.